The fraction of sp³-hybridized carbons (Fsp3) is 0.533. The summed E-state index contributed by atoms with van der Waals surface area (Å²) in [4.78, 5) is 4.61. The smallest absolute Gasteiger partial charge is 0.198 e. The van der Waals surface area contributed by atoms with Gasteiger partial charge in [0.25, 0.3) is 0 Å². The van der Waals surface area contributed by atoms with Gasteiger partial charge in [0.1, 0.15) is 5.52 Å². The lowest BCUT2D eigenvalue weighted by atomic mass is 10.0. The fourth-order valence-electron chi connectivity index (χ4n) is 2.18. The van der Waals surface area contributed by atoms with Gasteiger partial charge in [0.2, 0.25) is 0 Å². The summed E-state index contributed by atoms with van der Waals surface area (Å²) in [6.07, 6.45) is 3.26. The highest BCUT2D eigenvalue weighted by atomic mass is 16.3. The predicted octanol–water partition coefficient (Wildman–Crippen LogP) is 3.76. The van der Waals surface area contributed by atoms with E-state index in [1.165, 1.54) is 5.56 Å². The molecular weight excluding hydrogens is 224 g/mol. The number of nitrogens with zero attached hydrogens (tertiary/aromatic N) is 1. The highest BCUT2D eigenvalue weighted by Gasteiger charge is 2.14. The number of benzene rings is 1. The number of nitrogens with two attached hydrogens (primary N) is 1. The Labute approximate surface area is 108 Å². The maximum atomic E-state index is 5.83. The summed E-state index contributed by atoms with van der Waals surface area (Å²) in [5, 5.41) is 0. The van der Waals surface area contributed by atoms with E-state index in [1.807, 2.05) is 19.1 Å². The van der Waals surface area contributed by atoms with Crippen LogP contribution < -0.4 is 5.73 Å². The molecule has 0 fully saturated rings. The molecule has 0 saturated heterocycles. The summed E-state index contributed by atoms with van der Waals surface area (Å²) in [5.74, 6) is 1.21. The average Bonchev–Trinajstić information content (AvgIpc) is 2.74. The van der Waals surface area contributed by atoms with Crippen molar-refractivity contribution in [3.8, 4) is 0 Å². The van der Waals surface area contributed by atoms with Crippen LogP contribution >= 0.6 is 0 Å². The average molecular weight is 246 g/mol. The normalized spacial score (nSPS) is 14.9. The summed E-state index contributed by atoms with van der Waals surface area (Å²) in [5.41, 5.74) is 8.82. The second-order valence-electron chi connectivity index (χ2n) is 5.28. The quantitative estimate of drug-likeness (QED) is 0.874. The Morgan fingerprint density at radius 1 is 1.28 bits per heavy atom. The van der Waals surface area contributed by atoms with Crippen molar-refractivity contribution < 1.29 is 4.42 Å². The molecule has 0 aliphatic carbocycles. The molecule has 0 spiro atoms. The Bertz CT molecular complexity index is 516. The van der Waals surface area contributed by atoms with Gasteiger partial charge in [0.15, 0.2) is 11.5 Å². The first kappa shape index (κ1) is 13.1. The van der Waals surface area contributed by atoms with Crippen LogP contribution in [-0.4, -0.2) is 11.0 Å². The van der Waals surface area contributed by atoms with Gasteiger partial charge in [0, 0.05) is 12.0 Å². The van der Waals surface area contributed by atoms with Gasteiger partial charge in [0.05, 0.1) is 0 Å². The second-order valence-corrected chi connectivity index (χ2v) is 5.28. The molecular formula is C15H22N2O. The highest BCUT2D eigenvalue weighted by Crippen LogP contribution is 2.26. The minimum Gasteiger partial charge on any atom is -0.440 e. The van der Waals surface area contributed by atoms with Gasteiger partial charge in [-0.15, -0.1) is 0 Å². The van der Waals surface area contributed by atoms with E-state index >= 15 is 0 Å². The molecule has 0 aliphatic rings. The Morgan fingerprint density at radius 3 is 2.72 bits per heavy atom. The molecule has 2 atom stereocenters. The largest absolute Gasteiger partial charge is 0.440 e. The number of hydrogen-bond donors (Lipinski definition) is 1. The summed E-state index contributed by atoms with van der Waals surface area (Å²) < 4.78 is 5.83. The Morgan fingerprint density at radius 2 is 2.06 bits per heavy atom. The van der Waals surface area contributed by atoms with Crippen LogP contribution in [-0.2, 0) is 0 Å². The highest BCUT2D eigenvalue weighted by molar-refractivity contribution is 5.76. The number of hydrogen-bond acceptors (Lipinski definition) is 3. The molecule has 0 amide bonds. The zero-order valence-electron chi connectivity index (χ0n) is 11.4. The summed E-state index contributed by atoms with van der Waals surface area (Å²) in [6.45, 7) is 6.28. The molecule has 0 aliphatic heterocycles. The van der Waals surface area contributed by atoms with Gasteiger partial charge in [-0.2, -0.15) is 0 Å². The minimum absolute atomic E-state index is 0.281. The molecule has 18 heavy (non-hydrogen) atoms. The zero-order chi connectivity index (χ0) is 13.1. The number of aryl methyl sites for hydroxylation is 1. The van der Waals surface area contributed by atoms with Crippen molar-refractivity contribution in [2.24, 2.45) is 5.73 Å². The number of para-hydroxylation sites is 1. The Balaban J connectivity index is 2.08. The third-order valence-electron chi connectivity index (χ3n) is 3.36. The van der Waals surface area contributed by atoms with Crippen molar-refractivity contribution in [2.45, 2.75) is 52.0 Å². The first-order valence-corrected chi connectivity index (χ1v) is 6.69. The third kappa shape index (κ3) is 2.91. The molecule has 2 unspecified atom stereocenters. The van der Waals surface area contributed by atoms with Crippen molar-refractivity contribution in [3.63, 3.8) is 0 Å². The first-order valence-electron chi connectivity index (χ1n) is 6.69. The van der Waals surface area contributed by atoms with Crippen LogP contribution in [0.25, 0.3) is 11.1 Å². The molecule has 2 aromatic rings. The van der Waals surface area contributed by atoms with E-state index in [2.05, 4.69) is 24.9 Å². The number of rotatable bonds is 5. The lowest BCUT2D eigenvalue weighted by Gasteiger charge is -2.08. The standard InChI is InChI=1S/C15H22N2O/c1-10-6-5-9-13-14(10)17-15(18-13)11(2)7-4-8-12(3)16/h5-6,9,11-12H,4,7-8,16H2,1-3H3. The van der Waals surface area contributed by atoms with Crippen LogP contribution in [0.2, 0.25) is 0 Å². The van der Waals surface area contributed by atoms with Crippen LogP contribution in [0.4, 0.5) is 0 Å². The van der Waals surface area contributed by atoms with E-state index in [-0.39, 0.29) is 6.04 Å². The summed E-state index contributed by atoms with van der Waals surface area (Å²) in [7, 11) is 0. The van der Waals surface area contributed by atoms with E-state index in [1.54, 1.807) is 0 Å². The second kappa shape index (κ2) is 5.53. The van der Waals surface area contributed by atoms with Crippen LogP contribution in [0.15, 0.2) is 22.6 Å². The van der Waals surface area contributed by atoms with Crippen molar-refractivity contribution in [2.75, 3.05) is 0 Å². The molecule has 1 aromatic heterocycles. The topological polar surface area (TPSA) is 52.0 Å². The van der Waals surface area contributed by atoms with E-state index in [0.717, 1.165) is 36.3 Å². The lowest BCUT2D eigenvalue weighted by molar-refractivity contribution is 0.452. The van der Waals surface area contributed by atoms with E-state index in [0.29, 0.717) is 5.92 Å². The monoisotopic (exact) mass is 246 g/mol. The zero-order valence-corrected chi connectivity index (χ0v) is 11.4. The molecule has 0 saturated carbocycles. The van der Waals surface area contributed by atoms with Crippen LogP contribution in [0.5, 0.6) is 0 Å². The maximum absolute atomic E-state index is 5.83. The van der Waals surface area contributed by atoms with Crippen molar-refractivity contribution in [3.05, 3.63) is 29.7 Å². The number of fused-ring (bicyclic) bond motifs is 1. The molecule has 0 radical (unpaired) electrons. The fourth-order valence-corrected chi connectivity index (χ4v) is 2.18. The first-order chi connectivity index (χ1) is 8.58. The Kier molecular flexibility index (Phi) is 4.02. The third-order valence-corrected chi connectivity index (χ3v) is 3.36. The molecule has 2 N–H and O–H groups in total. The van der Waals surface area contributed by atoms with Crippen molar-refractivity contribution in [1.82, 2.24) is 4.98 Å². The molecule has 2 rings (SSSR count). The van der Waals surface area contributed by atoms with Crippen molar-refractivity contribution in [1.29, 1.82) is 0 Å². The van der Waals surface area contributed by atoms with Crippen molar-refractivity contribution >= 4 is 11.1 Å². The van der Waals surface area contributed by atoms with Gasteiger partial charge < -0.3 is 10.2 Å². The van der Waals surface area contributed by atoms with Crippen LogP contribution in [0.3, 0.4) is 0 Å². The molecule has 1 aromatic carbocycles. The van der Waals surface area contributed by atoms with Crippen LogP contribution in [0, 0.1) is 6.92 Å². The minimum atomic E-state index is 0.281. The maximum Gasteiger partial charge on any atom is 0.198 e. The molecule has 98 valence electrons. The number of oxazole rings is 1. The van der Waals surface area contributed by atoms with E-state index in [9.17, 15) is 0 Å². The predicted molar refractivity (Wildman–Crippen MR) is 74.7 cm³/mol. The molecule has 3 nitrogen and oxygen atoms in total. The molecule has 3 heteroatoms. The van der Waals surface area contributed by atoms with Gasteiger partial charge in [-0.05, 0) is 38.3 Å². The molecule has 0 bridgehead atoms. The molecule has 1 heterocycles. The number of aromatic nitrogens is 1. The lowest BCUT2D eigenvalue weighted by Crippen LogP contribution is -2.14. The van der Waals surface area contributed by atoms with Gasteiger partial charge >= 0.3 is 0 Å². The Hall–Kier alpha value is -1.35. The van der Waals surface area contributed by atoms with Gasteiger partial charge in [-0.3, -0.25) is 0 Å². The van der Waals surface area contributed by atoms with Crippen LogP contribution in [0.1, 0.15) is 50.5 Å². The van der Waals surface area contributed by atoms with Gasteiger partial charge in [-0.25, -0.2) is 4.98 Å². The SMILES string of the molecule is Cc1cccc2oc(C(C)CCCC(C)N)nc12. The summed E-state index contributed by atoms with van der Waals surface area (Å²) >= 11 is 0. The van der Waals surface area contributed by atoms with E-state index < -0.39 is 0 Å². The van der Waals surface area contributed by atoms with Gasteiger partial charge in [-0.1, -0.05) is 25.5 Å². The van der Waals surface area contributed by atoms with E-state index in [4.69, 9.17) is 10.2 Å². The summed E-state index contributed by atoms with van der Waals surface area (Å²) in [6, 6.07) is 6.33.